The minimum absolute atomic E-state index is 0.161. The zero-order valence-electron chi connectivity index (χ0n) is 17.1. The minimum atomic E-state index is -0.464. The number of carbonyl (C=O) groups is 2. The molecule has 0 atom stereocenters. The highest BCUT2D eigenvalue weighted by molar-refractivity contribution is 7.15. The van der Waals surface area contributed by atoms with Crippen LogP contribution >= 0.6 is 11.3 Å². The molecule has 0 fully saturated rings. The molecule has 0 saturated carbocycles. The molecule has 1 amide bonds. The van der Waals surface area contributed by atoms with Crippen molar-refractivity contribution in [2.24, 2.45) is 0 Å². The number of methoxy groups -OCH3 is 1. The zero-order valence-corrected chi connectivity index (χ0v) is 18.0. The Morgan fingerprint density at radius 2 is 1.77 bits per heavy atom. The molecule has 0 aliphatic carbocycles. The number of nitrogens with one attached hydrogen (secondary N) is 1. The largest absolute Gasteiger partial charge is 0.494 e. The summed E-state index contributed by atoms with van der Waals surface area (Å²) in [6, 6.07) is 17.5. The molecule has 156 valence electrons. The Labute approximate surface area is 180 Å². The van der Waals surface area contributed by atoms with Crippen LogP contribution in [0, 0.1) is 0 Å². The number of amides is 1. The van der Waals surface area contributed by atoms with Crippen LogP contribution in [0.15, 0.2) is 60.0 Å². The average Bonchev–Trinajstić information content (AvgIpc) is 3.20. The number of carbonyl (C=O) groups excluding carboxylic acids is 2. The predicted octanol–water partition coefficient (Wildman–Crippen LogP) is 5.56. The molecule has 5 nitrogen and oxygen atoms in total. The molecule has 6 heteroatoms. The fourth-order valence-corrected chi connectivity index (χ4v) is 3.99. The Kier molecular flexibility index (Phi) is 7.63. The average molecular weight is 424 g/mol. The van der Waals surface area contributed by atoms with Crippen LogP contribution in [0.1, 0.15) is 35.7 Å². The van der Waals surface area contributed by atoms with E-state index in [2.05, 4.69) is 12.2 Å². The first-order valence-electron chi connectivity index (χ1n) is 9.89. The summed E-state index contributed by atoms with van der Waals surface area (Å²) in [6.07, 6.45) is 1.82. The third-order valence-electron chi connectivity index (χ3n) is 4.67. The zero-order chi connectivity index (χ0) is 21.3. The van der Waals surface area contributed by atoms with Crippen molar-refractivity contribution < 1.29 is 19.1 Å². The molecule has 3 aromatic rings. The molecule has 0 spiro atoms. The number of hydrogen-bond donors (Lipinski definition) is 1. The summed E-state index contributed by atoms with van der Waals surface area (Å²) in [5, 5.41) is 5.24. The molecule has 3 rings (SSSR count). The number of aryl methyl sites for hydroxylation is 1. The van der Waals surface area contributed by atoms with E-state index >= 15 is 0 Å². The summed E-state index contributed by atoms with van der Waals surface area (Å²) in [4.78, 5) is 24.8. The van der Waals surface area contributed by atoms with Gasteiger partial charge in [0, 0.05) is 17.4 Å². The van der Waals surface area contributed by atoms with Crippen molar-refractivity contribution in [3.8, 4) is 16.9 Å². The van der Waals surface area contributed by atoms with Crippen molar-refractivity contribution in [3.63, 3.8) is 0 Å². The first-order chi connectivity index (χ1) is 14.6. The Morgan fingerprint density at radius 3 is 2.43 bits per heavy atom. The normalized spacial score (nSPS) is 10.5. The highest BCUT2D eigenvalue weighted by atomic mass is 32.1. The van der Waals surface area contributed by atoms with E-state index in [-0.39, 0.29) is 5.91 Å². The fraction of sp³-hybridized carbons (Fsp3) is 0.250. The van der Waals surface area contributed by atoms with Crippen LogP contribution in [0.25, 0.3) is 11.1 Å². The Bertz CT molecular complexity index is 980. The lowest BCUT2D eigenvalue weighted by Gasteiger charge is -2.09. The summed E-state index contributed by atoms with van der Waals surface area (Å²) in [5.74, 6) is 0.156. The van der Waals surface area contributed by atoms with Gasteiger partial charge in [-0.15, -0.1) is 11.3 Å². The number of ether oxygens (including phenoxy) is 2. The predicted molar refractivity (Wildman–Crippen MR) is 120 cm³/mol. The van der Waals surface area contributed by atoms with Crippen LogP contribution in [0.5, 0.6) is 5.75 Å². The summed E-state index contributed by atoms with van der Waals surface area (Å²) < 4.78 is 10.6. The summed E-state index contributed by atoms with van der Waals surface area (Å²) in [6.45, 7) is 2.54. The molecule has 0 saturated heterocycles. The van der Waals surface area contributed by atoms with E-state index in [1.165, 1.54) is 24.0 Å². The standard InChI is InChI=1S/C24H25NO4S/c1-3-17-11-13-18(14-12-17)20-16-30-23(22(20)24(27)28-2)25-21(26)10-7-15-29-19-8-5-4-6-9-19/h4-6,8-9,11-14,16H,3,7,10,15H2,1-2H3,(H,25,26). The van der Waals surface area contributed by atoms with Crippen molar-refractivity contribution in [1.82, 2.24) is 0 Å². The van der Waals surface area contributed by atoms with Crippen LogP contribution < -0.4 is 10.1 Å². The monoisotopic (exact) mass is 423 g/mol. The van der Waals surface area contributed by atoms with E-state index in [4.69, 9.17) is 9.47 Å². The first-order valence-corrected chi connectivity index (χ1v) is 10.8. The third kappa shape index (κ3) is 5.48. The molecule has 0 aliphatic heterocycles. The van der Waals surface area contributed by atoms with Crippen molar-refractivity contribution in [1.29, 1.82) is 0 Å². The van der Waals surface area contributed by atoms with Gasteiger partial charge in [0.05, 0.1) is 13.7 Å². The summed E-state index contributed by atoms with van der Waals surface area (Å²) >= 11 is 1.33. The number of anilines is 1. The molecule has 0 unspecified atom stereocenters. The lowest BCUT2D eigenvalue weighted by atomic mass is 10.0. The number of benzene rings is 2. The van der Waals surface area contributed by atoms with E-state index in [1.54, 1.807) is 0 Å². The quantitative estimate of drug-likeness (QED) is 0.361. The topological polar surface area (TPSA) is 64.6 Å². The van der Waals surface area contributed by atoms with Gasteiger partial charge in [0.1, 0.15) is 16.3 Å². The van der Waals surface area contributed by atoms with Crippen LogP contribution in [0.4, 0.5) is 5.00 Å². The van der Waals surface area contributed by atoms with Gasteiger partial charge in [0.2, 0.25) is 5.91 Å². The molecule has 0 radical (unpaired) electrons. The van der Waals surface area contributed by atoms with Gasteiger partial charge in [0.25, 0.3) is 0 Å². The van der Waals surface area contributed by atoms with Crippen LogP contribution in [-0.2, 0) is 16.0 Å². The highest BCUT2D eigenvalue weighted by Crippen LogP contribution is 2.36. The minimum Gasteiger partial charge on any atom is -0.494 e. The van der Waals surface area contributed by atoms with Crippen molar-refractivity contribution >= 4 is 28.2 Å². The smallest absolute Gasteiger partial charge is 0.341 e. The van der Waals surface area contributed by atoms with E-state index in [9.17, 15) is 9.59 Å². The second-order valence-electron chi connectivity index (χ2n) is 6.71. The van der Waals surface area contributed by atoms with Crippen molar-refractivity contribution in [2.75, 3.05) is 19.0 Å². The van der Waals surface area contributed by atoms with Crippen LogP contribution in [-0.4, -0.2) is 25.6 Å². The lowest BCUT2D eigenvalue weighted by molar-refractivity contribution is -0.116. The van der Waals surface area contributed by atoms with Crippen molar-refractivity contribution in [2.45, 2.75) is 26.2 Å². The van der Waals surface area contributed by atoms with Gasteiger partial charge >= 0.3 is 5.97 Å². The van der Waals surface area contributed by atoms with Gasteiger partial charge in [0.15, 0.2) is 0 Å². The third-order valence-corrected chi connectivity index (χ3v) is 5.56. The molecule has 1 aromatic heterocycles. The lowest BCUT2D eigenvalue weighted by Crippen LogP contribution is -2.14. The van der Waals surface area contributed by atoms with Gasteiger partial charge in [-0.05, 0) is 36.1 Å². The fourth-order valence-electron chi connectivity index (χ4n) is 3.02. The second-order valence-corrected chi connectivity index (χ2v) is 7.59. The first kappa shape index (κ1) is 21.6. The molecular weight excluding hydrogens is 398 g/mol. The number of thiophene rings is 1. The van der Waals surface area contributed by atoms with E-state index in [1.807, 2.05) is 60.0 Å². The van der Waals surface area contributed by atoms with Crippen LogP contribution in [0.3, 0.4) is 0 Å². The summed E-state index contributed by atoms with van der Waals surface area (Å²) in [7, 11) is 1.34. The van der Waals surface area contributed by atoms with Gasteiger partial charge in [-0.3, -0.25) is 4.79 Å². The van der Waals surface area contributed by atoms with Crippen molar-refractivity contribution in [3.05, 3.63) is 71.1 Å². The van der Waals surface area contributed by atoms with Crippen LogP contribution in [0.2, 0.25) is 0 Å². The van der Waals surface area contributed by atoms with Gasteiger partial charge in [-0.2, -0.15) is 0 Å². The molecule has 0 bridgehead atoms. The molecular formula is C24H25NO4S. The molecule has 1 heterocycles. The Balaban J connectivity index is 1.65. The van der Waals surface area contributed by atoms with E-state index in [0.717, 1.165) is 23.3 Å². The Hall–Kier alpha value is -3.12. The Morgan fingerprint density at radius 1 is 1.03 bits per heavy atom. The maximum Gasteiger partial charge on any atom is 0.341 e. The molecule has 1 N–H and O–H groups in total. The second kappa shape index (κ2) is 10.6. The van der Waals surface area contributed by atoms with Gasteiger partial charge in [-0.25, -0.2) is 4.79 Å². The summed E-state index contributed by atoms with van der Waals surface area (Å²) in [5.41, 5.74) is 3.29. The highest BCUT2D eigenvalue weighted by Gasteiger charge is 2.22. The number of hydrogen-bond acceptors (Lipinski definition) is 5. The SMILES string of the molecule is CCc1ccc(-c2csc(NC(=O)CCCOc3ccccc3)c2C(=O)OC)cc1. The molecule has 30 heavy (non-hydrogen) atoms. The number of esters is 1. The van der Waals surface area contributed by atoms with E-state index < -0.39 is 5.97 Å². The number of rotatable bonds is 9. The maximum atomic E-state index is 12.4. The van der Waals surface area contributed by atoms with E-state index in [0.29, 0.717) is 30.0 Å². The molecule has 0 aliphatic rings. The maximum absolute atomic E-state index is 12.4. The van der Waals surface area contributed by atoms with Gasteiger partial charge in [-0.1, -0.05) is 49.4 Å². The molecule has 2 aromatic carbocycles. The van der Waals surface area contributed by atoms with Gasteiger partial charge < -0.3 is 14.8 Å². The number of para-hydroxylation sites is 1.